The summed E-state index contributed by atoms with van der Waals surface area (Å²) in [6.45, 7) is 0. The molecule has 0 bridgehead atoms. The average molecular weight is 347 g/mol. The Morgan fingerprint density at radius 2 is 2.08 bits per heavy atom. The maximum atomic E-state index is 12.3. The van der Waals surface area contributed by atoms with Crippen LogP contribution >= 0.6 is 0 Å². The van der Waals surface area contributed by atoms with Gasteiger partial charge in [0, 0.05) is 42.7 Å². The highest BCUT2D eigenvalue weighted by atomic mass is 16.1. The van der Waals surface area contributed by atoms with Gasteiger partial charge >= 0.3 is 0 Å². The standard InChI is InChI=1S/C20H21N5O/c1-25-11-10-21-19(25)16-17(12-6-3-2-4-7-12)22-14-9-5-8-13-15(14)18(16)23-24-20(13)26/h2-4,6-7,10-11,14,16-17,22H,5,8-9H2,1H3,(H,24,26)/t14?,16-,17-/m0/s1. The number of hydrogen-bond acceptors (Lipinski definition) is 4. The van der Waals surface area contributed by atoms with E-state index >= 15 is 0 Å². The van der Waals surface area contributed by atoms with Crippen molar-refractivity contribution in [3.8, 4) is 0 Å². The topological polar surface area (TPSA) is 75.6 Å². The van der Waals surface area contributed by atoms with Gasteiger partial charge in [-0.3, -0.25) is 4.79 Å². The number of aryl methyl sites for hydroxylation is 1. The van der Waals surface area contributed by atoms with E-state index in [2.05, 4.69) is 44.8 Å². The number of nitrogens with one attached hydrogen (secondary N) is 2. The van der Waals surface area contributed by atoms with Crippen LogP contribution in [0.4, 0.5) is 0 Å². The van der Waals surface area contributed by atoms with Crippen LogP contribution in [-0.2, 0) is 13.5 Å². The molecule has 1 aromatic carbocycles. The quantitative estimate of drug-likeness (QED) is 0.746. The van der Waals surface area contributed by atoms with Gasteiger partial charge < -0.3 is 9.88 Å². The predicted molar refractivity (Wildman–Crippen MR) is 97.9 cm³/mol. The van der Waals surface area contributed by atoms with Crippen LogP contribution in [0.5, 0.6) is 0 Å². The summed E-state index contributed by atoms with van der Waals surface area (Å²) in [5.74, 6) is 0.912. The third-order valence-electron chi connectivity index (χ3n) is 5.73. The number of hydrogen-bond donors (Lipinski definition) is 2. The van der Waals surface area contributed by atoms with Crippen molar-refractivity contribution in [3.05, 3.63) is 81.3 Å². The molecule has 1 unspecified atom stereocenters. The average Bonchev–Trinajstić information content (AvgIpc) is 3.10. The zero-order valence-electron chi connectivity index (χ0n) is 14.6. The number of nitrogens with zero attached hydrogens (tertiary/aromatic N) is 3. The molecule has 0 amide bonds. The Morgan fingerprint density at radius 1 is 1.23 bits per heavy atom. The number of aromatic amines is 1. The fraction of sp³-hybridized carbons (Fsp3) is 0.350. The molecule has 2 aromatic heterocycles. The molecule has 5 rings (SSSR count). The lowest BCUT2D eigenvalue weighted by molar-refractivity contribution is 0.328. The van der Waals surface area contributed by atoms with Crippen LogP contribution in [-0.4, -0.2) is 19.7 Å². The Hall–Kier alpha value is -2.73. The molecule has 6 heteroatoms. The third kappa shape index (κ3) is 2.25. The lowest BCUT2D eigenvalue weighted by Gasteiger charge is -2.40. The molecule has 0 fully saturated rings. The van der Waals surface area contributed by atoms with Crippen molar-refractivity contribution in [2.45, 2.75) is 37.3 Å². The van der Waals surface area contributed by atoms with Gasteiger partial charge in [0.2, 0.25) is 0 Å². The molecule has 1 aliphatic carbocycles. The van der Waals surface area contributed by atoms with E-state index in [1.54, 1.807) is 0 Å². The molecule has 6 nitrogen and oxygen atoms in total. The van der Waals surface area contributed by atoms with Crippen LogP contribution in [0.2, 0.25) is 0 Å². The number of benzene rings is 1. The van der Waals surface area contributed by atoms with Gasteiger partial charge in [-0.05, 0) is 24.8 Å². The molecule has 2 aliphatic rings. The number of aromatic nitrogens is 4. The highest BCUT2D eigenvalue weighted by Crippen LogP contribution is 2.46. The predicted octanol–water partition coefficient (Wildman–Crippen LogP) is 2.36. The molecule has 2 N–H and O–H groups in total. The fourth-order valence-corrected chi connectivity index (χ4v) is 4.55. The van der Waals surface area contributed by atoms with Crippen LogP contribution in [0.15, 0.2) is 47.5 Å². The van der Waals surface area contributed by atoms with E-state index in [1.807, 2.05) is 30.1 Å². The van der Waals surface area contributed by atoms with Gasteiger partial charge in [-0.1, -0.05) is 30.3 Å². The SMILES string of the molecule is Cn1ccnc1[C@@H]1c2n[nH]c(=O)c3c2C(CCC3)N[C@H]1c1ccccc1. The van der Waals surface area contributed by atoms with Gasteiger partial charge in [0.25, 0.3) is 5.56 Å². The highest BCUT2D eigenvalue weighted by Gasteiger charge is 2.42. The summed E-state index contributed by atoms with van der Waals surface area (Å²) in [4.78, 5) is 17.0. The van der Waals surface area contributed by atoms with Crippen molar-refractivity contribution in [1.29, 1.82) is 0 Å². The summed E-state index contributed by atoms with van der Waals surface area (Å²) >= 11 is 0. The van der Waals surface area contributed by atoms with Gasteiger partial charge in [0.05, 0.1) is 11.6 Å². The minimum atomic E-state index is -0.0491. The van der Waals surface area contributed by atoms with Crippen LogP contribution in [0, 0.1) is 0 Å². The Kier molecular flexibility index (Phi) is 3.53. The number of H-pyrrole nitrogens is 1. The second kappa shape index (κ2) is 5.92. The van der Waals surface area contributed by atoms with Crippen LogP contribution in [0.3, 0.4) is 0 Å². The van der Waals surface area contributed by atoms with Gasteiger partial charge in [0.1, 0.15) is 5.82 Å². The zero-order valence-corrected chi connectivity index (χ0v) is 14.6. The molecule has 0 spiro atoms. The molecule has 3 heterocycles. The molecule has 26 heavy (non-hydrogen) atoms. The smallest absolute Gasteiger partial charge is 0.267 e. The molecule has 3 aromatic rings. The highest BCUT2D eigenvalue weighted by molar-refractivity contribution is 5.43. The molecule has 1 aliphatic heterocycles. The lowest BCUT2D eigenvalue weighted by atomic mass is 9.76. The van der Waals surface area contributed by atoms with E-state index in [4.69, 9.17) is 0 Å². The van der Waals surface area contributed by atoms with Crippen molar-refractivity contribution >= 4 is 0 Å². The maximum absolute atomic E-state index is 12.3. The van der Waals surface area contributed by atoms with Gasteiger partial charge in [0.15, 0.2) is 0 Å². The second-order valence-electron chi connectivity index (χ2n) is 7.20. The summed E-state index contributed by atoms with van der Waals surface area (Å²) in [5, 5.41) is 11.1. The van der Waals surface area contributed by atoms with Crippen molar-refractivity contribution in [2.24, 2.45) is 7.05 Å². The molecule has 0 saturated carbocycles. The van der Waals surface area contributed by atoms with E-state index in [0.29, 0.717) is 0 Å². The first kappa shape index (κ1) is 15.5. The minimum Gasteiger partial charge on any atom is -0.337 e. The van der Waals surface area contributed by atoms with E-state index in [9.17, 15) is 4.79 Å². The Balaban J connectivity index is 1.76. The fourth-order valence-electron chi connectivity index (χ4n) is 4.55. The van der Waals surface area contributed by atoms with Crippen molar-refractivity contribution in [2.75, 3.05) is 0 Å². The molecule has 3 atom stereocenters. The first-order valence-corrected chi connectivity index (χ1v) is 9.13. The third-order valence-corrected chi connectivity index (χ3v) is 5.73. The minimum absolute atomic E-state index is 0.0441. The molecule has 0 radical (unpaired) electrons. The summed E-state index contributed by atoms with van der Waals surface area (Å²) in [7, 11) is 2.01. The monoisotopic (exact) mass is 347 g/mol. The largest absolute Gasteiger partial charge is 0.337 e. The Bertz CT molecular complexity index is 1010. The van der Waals surface area contributed by atoms with Crippen molar-refractivity contribution < 1.29 is 0 Å². The zero-order chi connectivity index (χ0) is 17.7. The van der Waals surface area contributed by atoms with E-state index < -0.39 is 0 Å². The summed E-state index contributed by atoms with van der Waals surface area (Å²) in [5.41, 5.74) is 4.12. The van der Waals surface area contributed by atoms with E-state index in [1.165, 1.54) is 5.56 Å². The van der Waals surface area contributed by atoms with Gasteiger partial charge in [-0.25, -0.2) is 10.1 Å². The number of imidazole rings is 1. The Labute approximate surface area is 151 Å². The Morgan fingerprint density at radius 3 is 2.85 bits per heavy atom. The van der Waals surface area contributed by atoms with Gasteiger partial charge in [-0.15, -0.1) is 0 Å². The molecule has 132 valence electrons. The van der Waals surface area contributed by atoms with Crippen LogP contribution < -0.4 is 10.9 Å². The summed E-state index contributed by atoms with van der Waals surface area (Å²) in [6, 6.07) is 10.7. The van der Waals surface area contributed by atoms with Crippen LogP contribution in [0.25, 0.3) is 0 Å². The lowest BCUT2D eigenvalue weighted by Crippen LogP contribution is -2.42. The molecule has 0 saturated heterocycles. The van der Waals surface area contributed by atoms with Crippen molar-refractivity contribution in [1.82, 2.24) is 25.1 Å². The first-order valence-electron chi connectivity index (χ1n) is 9.13. The van der Waals surface area contributed by atoms with E-state index in [0.717, 1.165) is 41.9 Å². The first-order chi connectivity index (χ1) is 12.7. The van der Waals surface area contributed by atoms with Gasteiger partial charge in [-0.2, -0.15) is 5.10 Å². The van der Waals surface area contributed by atoms with E-state index in [-0.39, 0.29) is 23.6 Å². The summed E-state index contributed by atoms with van der Waals surface area (Å²) in [6.07, 6.45) is 6.65. The normalized spacial score (nSPS) is 24.3. The molecular formula is C20H21N5O. The molecular weight excluding hydrogens is 326 g/mol. The van der Waals surface area contributed by atoms with Crippen LogP contribution in [0.1, 0.15) is 59.1 Å². The maximum Gasteiger partial charge on any atom is 0.267 e. The van der Waals surface area contributed by atoms with Crippen molar-refractivity contribution in [3.63, 3.8) is 0 Å². The second-order valence-corrected chi connectivity index (χ2v) is 7.20. The number of rotatable bonds is 2. The summed E-state index contributed by atoms with van der Waals surface area (Å²) < 4.78 is 2.05.